The Morgan fingerprint density at radius 3 is 2.41 bits per heavy atom. The van der Waals surface area contributed by atoms with Gasteiger partial charge in [-0.3, -0.25) is 9.36 Å². The Balaban J connectivity index is 1.59. The van der Waals surface area contributed by atoms with Gasteiger partial charge in [0.1, 0.15) is 5.75 Å². The number of carbonyl (C=O) groups excluding carboxylic acids is 1. The molecule has 0 saturated heterocycles. The van der Waals surface area contributed by atoms with E-state index in [0.717, 1.165) is 34.7 Å². The molecule has 1 amide bonds. The van der Waals surface area contributed by atoms with E-state index >= 15 is 0 Å². The number of benzene rings is 3. The van der Waals surface area contributed by atoms with Crippen LogP contribution >= 0.6 is 11.8 Å². The van der Waals surface area contributed by atoms with Crippen LogP contribution in [0.4, 0.5) is 14.5 Å². The van der Waals surface area contributed by atoms with Gasteiger partial charge in [-0.1, -0.05) is 41.6 Å². The number of carbonyl (C=O) groups is 1. The van der Waals surface area contributed by atoms with Gasteiger partial charge in [-0.15, -0.1) is 10.2 Å². The standard InChI is InChI=1S/C25H22F2N4O2S/c1-3-33-20-11-9-19(10-12-20)31-24(17-6-4-16(2)5-7-17)29-30-25(31)34-15-23(32)28-18-8-13-21(26)22(27)14-18/h4-14H,3,15H2,1-2H3,(H,28,32). The molecular weight excluding hydrogens is 458 g/mol. The molecule has 6 nitrogen and oxygen atoms in total. The molecule has 0 unspecified atom stereocenters. The van der Waals surface area contributed by atoms with Crippen LogP contribution in [0.1, 0.15) is 12.5 Å². The molecule has 0 aliphatic rings. The quantitative estimate of drug-likeness (QED) is 0.330. The molecule has 0 bridgehead atoms. The zero-order valence-electron chi connectivity index (χ0n) is 18.6. The largest absolute Gasteiger partial charge is 0.494 e. The number of aryl methyl sites for hydroxylation is 1. The van der Waals surface area contributed by atoms with Crippen molar-refractivity contribution in [2.45, 2.75) is 19.0 Å². The number of nitrogens with one attached hydrogen (secondary N) is 1. The third kappa shape index (κ3) is 5.43. The maximum Gasteiger partial charge on any atom is 0.234 e. The second-order valence-corrected chi connectivity index (χ2v) is 8.34. The molecule has 9 heteroatoms. The van der Waals surface area contributed by atoms with E-state index in [-0.39, 0.29) is 17.3 Å². The van der Waals surface area contributed by atoms with E-state index < -0.39 is 11.6 Å². The summed E-state index contributed by atoms with van der Waals surface area (Å²) in [7, 11) is 0. The number of halogens is 2. The first-order chi connectivity index (χ1) is 16.4. The van der Waals surface area contributed by atoms with Gasteiger partial charge in [0.15, 0.2) is 22.6 Å². The predicted octanol–water partition coefficient (Wildman–Crippen LogP) is 5.65. The van der Waals surface area contributed by atoms with Gasteiger partial charge in [0, 0.05) is 23.0 Å². The van der Waals surface area contributed by atoms with Crippen molar-refractivity contribution in [3.8, 4) is 22.8 Å². The summed E-state index contributed by atoms with van der Waals surface area (Å²) in [6.45, 7) is 4.49. The number of thioether (sulfide) groups is 1. The summed E-state index contributed by atoms with van der Waals surface area (Å²) in [6, 6.07) is 18.7. The van der Waals surface area contributed by atoms with E-state index in [9.17, 15) is 13.6 Å². The van der Waals surface area contributed by atoms with Crippen LogP contribution in [0.15, 0.2) is 71.9 Å². The van der Waals surface area contributed by atoms with Crippen molar-refractivity contribution in [1.82, 2.24) is 14.8 Å². The average Bonchev–Trinajstić information content (AvgIpc) is 3.25. The molecule has 0 radical (unpaired) electrons. The minimum atomic E-state index is -1.02. The lowest BCUT2D eigenvalue weighted by Gasteiger charge is -2.12. The maximum absolute atomic E-state index is 13.4. The summed E-state index contributed by atoms with van der Waals surface area (Å²) in [5.41, 5.74) is 3.00. The van der Waals surface area contributed by atoms with E-state index in [4.69, 9.17) is 4.74 Å². The first kappa shape index (κ1) is 23.4. The minimum absolute atomic E-state index is 0.00204. The van der Waals surface area contributed by atoms with Crippen molar-refractivity contribution in [3.63, 3.8) is 0 Å². The molecule has 1 N–H and O–H groups in total. The Hall–Kier alpha value is -3.72. The van der Waals surface area contributed by atoms with Crippen LogP contribution in [0.3, 0.4) is 0 Å². The highest BCUT2D eigenvalue weighted by molar-refractivity contribution is 7.99. The number of hydrogen-bond acceptors (Lipinski definition) is 5. The molecule has 34 heavy (non-hydrogen) atoms. The van der Waals surface area contributed by atoms with Crippen molar-refractivity contribution in [2.75, 3.05) is 17.7 Å². The van der Waals surface area contributed by atoms with Crippen LogP contribution in [-0.2, 0) is 4.79 Å². The molecule has 0 fully saturated rings. The van der Waals surface area contributed by atoms with Gasteiger partial charge in [-0.2, -0.15) is 0 Å². The SMILES string of the molecule is CCOc1ccc(-n2c(SCC(=O)Nc3ccc(F)c(F)c3)nnc2-c2ccc(C)cc2)cc1. The molecular formula is C25H22F2N4O2S. The van der Waals surface area contributed by atoms with Crippen molar-refractivity contribution < 1.29 is 18.3 Å². The Kier molecular flexibility index (Phi) is 7.22. The Morgan fingerprint density at radius 2 is 1.74 bits per heavy atom. The summed E-state index contributed by atoms with van der Waals surface area (Å²) < 4.78 is 34.0. The summed E-state index contributed by atoms with van der Waals surface area (Å²) in [6.07, 6.45) is 0. The number of aromatic nitrogens is 3. The third-order valence-electron chi connectivity index (χ3n) is 4.88. The molecule has 0 aliphatic carbocycles. The number of rotatable bonds is 8. The lowest BCUT2D eigenvalue weighted by molar-refractivity contribution is -0.113. The molecule has 4 aromatic rings. The highest BCUT2D eigenvalue weighted by atomic mass is 32.2. The monoisotopic (exact) mass is 480 g/mol. The van der Waals surface area contributed by atoms with Crippen molar-refractivity contribution in [3.05, 3.63) is 83.9 Å². The van der Waals surface area contributed by atoms with Crippen LogP contribution in [-0.4, -0.2) is 33.0 Å². The van der Waals surface area contributed by atoms with E-state index in [1.54, 1.807) is 0 Å². The van der Waals surface area contributed by atoms with E-state index in [0.29, 0.717) is 17.6 Å². The second-order valence-electron chi connectivity index (χ2n) is 7.40. The van der Waals surface area contributed by atoms with Gasteiger partial charge >= 0.3 is 0 Å². The molecule has 0 aliphatic heterocycles. The van der Waals surface area contributed by atoms with Crippen LogP contribution < -0.4 is 10.1 Å². The number of nitrogens with zero attached hydrogens (tertiary/aromatic N) is 3. The normalized spacial score (nSPS) is 10.8. The van der Waals surface area contributed by atoms with Crippen LogP contribution in [0.25, 0.3) is 17.1 Å². The first-order valence-corrected chi connectivity index (χ1v) is 11.6. The van der Waals surface area contributed by atoms with Gasteiger partial charge in [0.05, 0.1) is 12.4 Å². The lowest BCUT2D eigenvalue weighted by Crippen LogP contribution is -2.15. The summed E-state index contributed by atoms with van der Waals surface area (Å²) >= 11 is 1.19. The maximum atomic E-state index is 13.4. The number of anilines is 1. The molecule has 1 heterocycles. The molecule has 4 rings (SSSR count). The van der Waals surface area contributed by atoms with Crippen molar-refractivity contribution in [1.29, 1.82) is 0 Å². The smallest absolute Gasteiger partial charge is 0.234 e. The summed E-state index contributed by atoms with van der Waals surface area (Å²) in [5.74, 6) is -0.997. The molecule has 3 aromatic carbocycles. The Morgan fingerprint density at radius 1 is 1.00 bits per heavy atom. The van der Waals surface area contributed by atoms with Gasteiger partial charge in [0.25, 0.3) is 0 Å². The molecule has 174 valence electrons. The number of hydrogen-bond donors (Lipinski definition) is 1. The van der Waals surface area contributed by atoms with Crippen LogP contribution in [0.2, 0.25) is 0 Å². The Labute approximate surface area is 200 Å². The van der Waals surface area contributed by atoms with Gasteiger partial charge in [0.2, 0.25) is 5.91 Å². The first-order valence-electron chi connectivity index (χ1n) is 10.6. The second kappa shape index (κ2) is 10.5. The van der Waals surface area contributed by atoms with Crippen LogP contribution in [0.5, 0.6) is 5.75 Å². The zero-order valence-corrected chi connectivity index (χ0v) is 19.4. The fourth-order valence-electron chi connectivity index (χ4n) is 3.24. The minimum Gasteiger partial charge on any atom is -0.494 e. The third-order valence-corrected chi connectivity index (χ3v) is 5.81. The predicted molar refractivity (Wildman–Crippen MR) is 128 cm³/mol. The summed E-state index contributed by atoms with van der Waals surface area (Å²) in [4.78, 5) is 12.4. The van der Waals surface area contributed by atoms with Gasteiger partial charge in [-0.25, -0.2) is 8.78 Å². The molecule has 0 atom stereocenters. The molecule has 1 aromatic heterocycles. The van der Waals surface area contributed by atoms with Crippen molar-refractivity contribution in [2.24, 2.45) is 0 Å². The van der Waals surface area contributed by atoms with Crippen LogP contribution in [0, 0.1) is 18.6 Å². The van der Waals surface area contributed by atoms with E-state index in [2.05, 4.69) is 15.5 Å². The molecule has 0 saturated carbocycles. The van der Waals surface area contributed by atoms with Gasteiger partial charge < -0.3 is 10.1 Å². The highest BCUT2D eigenvalue weighted by Gasteiger charge is 2.18. The highest BCUT2D eigenvalue weighted by Crippen LogP contribution is 2.29. The van der Waals surface area contributed by atoms with E-state index in [1.165, 1.54) is 17.8 Å². The van der Waals surface area contributed by atoms with E-state index in [1.807, 2.05) is 66.9 Å². The summed E-state index contributed by atoms with van der Waals surface area (Å²) in [5, 5.41) is 11.8. The topological polar surface area (TPSA) is 69.0 Å². The fraction of sp³-hybridized carbons (Fsp3) is 0.160. The lowest BCUT2D eigenvalue weighted by atomic mass is 10.1. The number of amides is 1. The average molecular weight is 481 g/mol. The zero-order chi connectivity index (χ0) is 24.1. The molecule has 0 spiro atoms. The van der Waals surface area contributed by atoms with Crippen molar-refractivity contribution >= 4 is 23.4 Å². The fourth-order valence-corrected chi connectivity index (χ4v) is 4.00. The Bertz CT molecular complexity index is 1290. The van der Waals surface area contributed by atoms with Gasteiger partial charge in [-0.05, 0) is 50.2 Å². The number of ether oxygens (including phenoxy) is 1.